The van der Waals surface area contributed by atoms with Crippen molar-refractivity contribution in [3.63, 3.8) is 0 Å². The van der Waals surface area contributed by atoms with Crippen LogP contribution >= 0.6 is 0 Å². The zero-order valence-electron chi connectivity index (χ0n) is 12.3. The van der Waals surface area contributed by atoms with Crippen molar-refractivity contribution in [2.45, 2.75) is 44.9 Å². The number of fused-ring (bicyclic) bond motifs is 1. The maximum Gasteiger partial charge on any atom is 0.196 e. The number of nitrogens with one attached hydrogen (secondary N) is 1. The molecular weight excluding hydrogens is 276 g/mol. The van der Waals surface area contributed by atoms with Crippen molar-refractivity contribution in [1.29, 1.82) is 0 Å². The van der Waals surface area contributed by atoms with Gasteiger partial charge in [0.2, 0.25) is 0 Å². The van der Waals surface area contributed by atoms with E-state index in [1.54, 1.807) is 7.11 Å². The van der Waals surface area contributed by atoms with E-state index in [0.29, 0.717) is 12.1 Å². The Hall–Kier alpha value is -1.48. The van der Waals surface area contributed by atoms with Crippen LogP contribution in [0.25, 0.3) is 0 Å². The number of imidazole rings is 1. The second-order valence-electron chi connectivity index (χ2n) is 5.31. The first-order chi connectivity index (χ1) is 10.0. The smallest absolute Gasteiger partial charge is 0.196 e. The molecule has 1 unspecified atom stereocenters. The van der Waals surface area contributed by atoms with E-state index in [4.69, 9.17) is 9.47 Å². The average Bonchev–Trinajstić information content (AvgIpc) is 2.97. The molecule has 8 heteroatoms. The predicted molar refractivity (Wildman–Crippen MR) is 75.1 cm³/mol. The first-order valence-corrected chi connectivity index (χ1v) is 6.92. The molecule has 0 saturated carbocycles. The van der Waals surface area contributed by atoms with Crippen molar-refractivity contribution in [1.82, 2.24) is 9.55 Å². The molecule has 1 aromatic rings. The maximum absolute atomic E-state index is 9.92. The highest BCUT2D eigenvalue weighted by atomic mass is 16.5. The zero-order valence-corrected chi connectivity index (χ0v) is 12.3. The van der Waals surface area contributed by atoms with E-state index in [-0.39, 0.29) is 12.8 Å². The van der Waals surface area contributed by atoms with Crippen LogP contribution in [0.4, 0.5) is 5.82 Å². The third kappa shape index (κ3) is 2.34. The number of hydrogen-bond donors (Lipinski definition) is 3. The summed E-state index contributed by atoms with van der Waals surface area (Å²) in [6.45, 7) is 3.51. The summed E-state index contributed by atoms with van der Waals surface area (Å²) in [6, 6.07) is 0. The quantitative estimate of drug-likeness (QED) is 0.742. The standard InChI is InChI=1S/C13H20N4O4/c1-6-14-12-11(13(15-6)20-3)16-7(2)17(12)10-4-8(19)9(5-18)21-10/h8-10,13,18-19H,4-5H2,1-3H3,(H,14,15)/t8-,9+,10+,13?/m0/s1. The van der Waals surface area contributed by atoms with Crippen LogP contribution in [-0.4, -0.2) is 51.5 Å². The topological polar surface area (TPSA) is 101 Å². The fourth-order valence-corrected chi connectivity index (χ4v) is 2.86. The summed E-state index contributed by atoms with van der Waals surface area (Å²) in [4.78, 5) is 8.85. The fourth-order valence-electron chi connectivity index (χ4n) is 2.86. The van der Waals surface area contributed by atoms with Gasteiger partial charge in [-0.25, -0.2) is 9.98 Å². The molecule has 116 valence electrons. The summed E-state index contributed by atoms with van der Waals surface area (Å²) in [5.41, 5.74) is 0.700. The van der Waals surface area contributed by atoms with Crippen molar-refractivity contribution in [3.8, 4) is 0 Å². The minimum atomic E-state index is -0.686. The van der Waals surface area contributed by atoms with Crippen molar-refractivity contribution in [2.24, 2.45) is 4.99 Å². The predicted octanol–water partition coefficient (Wildman–Crippen LogP) is 0.321. The summed E-state index contributed by atoms with van der Waals surface area (Å²) in [5.74, 6) is 2.24. The maximum atomic E-state index is 9.92. The molecule has 1 saturated heterocycles. The van der Waals surface area contributed by atoms with Gasteiger partial charge in [0.15, 0.2) is 6.23 Å². The molecule has 8 nitrogen and oxygen atoms in total. The molecular formula is C13H20N4O4. The number of hydrogen-bond acceptors (Lipinski definition) is 7. The molecule has 4 atom stereocenters. The number of amidine groups is 1. The van der Waals surface area contributed by atoms with Gasteiger partial charge in [-0.3, -0.25) is 4.57 Å². The summed E-state index contributed by atoms with van der Waals surface area (Å²) in [5, 5.41) is 22.3. The first kappa shape index (κ1) is 14.5. The molecule has 0 radical (unpaired) electrons. The monoisotopic (exact) mass is 296 g/mol. The van der Waals surface area contributed by atoms with Crippen LogP contribution in [0.2, 0.25) is 0 Å². The molecule has 0 aliphatic carbocycles. The van der Waals surface area contributed by atoms with Crippen LogP contribution in [0.3, 0.4) is 0 Å². The lowest BCUT2D eigenvalue weighted by atomic mass is 10.2. The van der Waals surface area contributed by atoms with Gasteiger partial charge in [0, 0.05) is 13.5 Å². The molecule has 1 fully saturated rings. The van der Waals surface area contributed by atoms with E-state index >= 15 is 0 Å². The van der Waals surface area contributed by atoms with E-state index in [0.717, 1.165) is 17.5 Å². The summed E-state index contributed by atoms with van der Waals surface area (Å²) < 4.78 is 13.0. The number of ether oxygens (including phenoxy) is 2. The first-order valence-electron chi connectivity index (χ1n) is 6.92. The van der Waals surface area contributed by atoms with Crippen LogP contribution in [0, 0.1) is 6.92 Å². The molecule has 3 N–H and O–H groups in total. The van der Waals surface area contributed by atoms with Crippen LogP contribution in [0.5, 0.6) is 0 Å². The number of aliphatic imine (C=N–C) groups is 1. The van der Waals surface area contributed by atoms with Gasteiger partial charge in [-0.15, -0.1) is 0 Å². The van der Waals surface area contributed by atoms with Crippen LogP contribution in [0.15, 0.2) is 4.99 Å². The number of aryl methyl sites for hydroxylation is 1. The molecule has 0 bridgehead atoms. The Bertz CT molecular complexity index is 571. The number of aliphatic hydroxyl groups is 2. The number of aromatic nitrogens is 2. The Morgan fingerprint density at radius 2 is 2.24 bits per heavy atom. The van der Waals surface area contributed by atoms with Gasteiger partial charge < -0.3 is 25.0 Å². The van der Waals surface area contributed by atoms with E-state index in [1.807, 2.05) is 18.4 Å². The number of aliphatic hydroxyl groups excluding tert-OH is 2. The van der Waals surface area contributed by atoms with E-state index in [1.165, 1.54) is 0 Å². The molecule has 0 amide bonds. The SMILES string of the molecule is COC1N=C(C)Nc2c1nc(C)n2[C@H]1C[C@H](O)[C@@H](CO)O1. The average molecular weight is 296 g/mol. The Morgan fingerprint density at radius 1 is 1.48 bits per heavy atom. The van der Waals surface area contributed by atoms with Gasteiger partial charge in [0.25, 0.3) is 0 Å². The third-order valence-electron chi connectivity index (χ3n) is 3.85. The third-order valence-corrected chi connectivity index (χ3v) is 3.85. The Morgan fingerprint density at radius 3 is 2.86 bits per heavy atom. The van der Waals surface area contributed by atoms with Gasteiger partial charge >= 0.3 is 0 Å². The summed E-state index contributed by atoms with van der Waals surface area (Å²) >= 11 is 0. The largest absolute Gasteiger partial charge is 0.394 e. The van der Waals surface area contributed by atoms with Crippen molar-refractivity contribution in [3.05, 3.63) is 11.5 Å². The van der Waals surface area contributed by atoms with Crippen molar-refractivity contribution >= 4 is 11.7 Å². The van der Waals surface area contributed by atoms with Gasteiger partial charge in [0.05, 0.1) is 12.7 Å². The van der Waals surface area contributed by atoms with E-state index in [9.17, 15) is 10.2 Å². The number of anilines is 1. The Labute approximate surface area is 122 Å². The van der Waals surface area contributed by atoms with E-state index in [2.05, 4.69) is 15.3 Å². The lowest BCUT2D eigenvalue weighted by Crippen LogP contribution is -2.24. The highest BCUT2D eigenvalue weighted by Gasteiger charge is 2.38. The number of methoxy groups -OCH3 is 1. The Balaban J connectivity index is 1.97. The minimum absolute atomic E-state index is 0.206. The normalized spacial score (nSPS) is 31.8. The molecule has 21 heavy (non-hydrogen) atoms. The van der Waals surface area contributed by atoms with Crippen LogP contribution < -0.4 is 5.32 Å². The molecule has 0 spiro atoms. The van der Waals surface area contributed by atoms with Gasteiger partial charge in [-0.2, -0.15) is 0 Å². The number of nitrogens with zero attached hydrogens (tertiary/aromatic N) is 3. The van der Waals surface area contributed by atoms with Crippen molar-refractivity contribution < 1.29 is 19.7 Å². The van der Waals surface area contributed by atoms with Gasteiger partial charge in [-0.1, -0.05) is 0 Å². The molecule has 3 rings (SSSR count). The van der Waals surface area contributed by atoms with Crippen LogP contribution in [-0.2, 0) is 9.47 Å². The summed E-state index contributed by atoms with van der Waals surface area (Å²) in [7, 11) is 1.59. The lowest BCUT2D eigenvalue weighted by Gasteiger charge is -2.23. The zero-order chi connectivity index (χ0) is 15.1. The van der Waals surface area contributed by atoms with Crippen molar-refractivity contribution in [2.75, 3.05) is 19.0 Å². The molecule has 0 aromatic carbocycles. The molecule has 2 aliphatic heterocycles. The highest BCUT2D eigenvalue weighted by molar-refractivity contribution is 5.95. The van der Waals surface area contributed by atoms with E-state index < -0.39 is 18.4 Å². The molecule has 2 aliphatic rings. The highest BCUT2D eigenvalue weighted by Crippen LogP contribution is 2.37. The second kappa shape index (κ2) is 5.38. The van der Waals surface area contributed by atoms with Gasteiger partial charge in [0.1, 0.15) is 35.5 Å². The summed E-state index contributed by atoms with van der Waals surface area (Å²) in [6.07, 6.45) is -1.66. The minimum Gasteiger partial charge on any atom is -0.394 e. The second-order valence-corrected chi connectivity index (χ2v) is 5.31. The fraction of sp³-hybridized carbons (Fsp3) is 0.692. The molecule has 1 aromatic heterocycles. The van der Waals surface area contributed by atoms with Crippen LogP contribution in [0.1, 0.15) is 37.3 Å². The van der Waals surface area contributed by atoms with Gasteiger partial charge in [-0.05, 0) is 13.8 Å². The lowest BCUT2D eigenvalue weighted by molar-refractivity contribution is -0.0443. The number of rotatable bonds is 3. The molecule has 3 heterocycles. The Kier molecular flexibility index (Phi) is 3.70.